The molecule has 0 unspecified atom stereocenters. The molecule has 0 aliphatic heterocycles. The Labute approximate surface area is 166 Å². The minimum atomic E-state index is -1.21. The molecule has 3 rings (SSSR count). The number of aromatic nitrogens is 2. The summed E-state index contributed by atoms with van der Waals surface area (Å²) in [7, 11) is 0. The third kappa shape index (κ3) is 4.11. The van der Waals surface area contributed by atoms with Crippen LogP contribution in [0.1, 0.15) is 27.3 Å². The normalized spacial score (nSPS) is 10.8. The zero-order valence-corrected chi connectivity index (χ0v) is 16.1. The van der Waals surface area contributed by atoms with Gasteiger partial charge in [0.15, 0.2) is 11.4 Å². The van der Waals surface area contributed by atoms with Gasteiger partial charge in [-0.2, -0.15) is 0 Å². The van der Waals surface area contributed by atoms with Gasteiger partial charge < -0.3 is 20.1 Å². The Morgan fingerprint density at radius 2 is 1.86 bits per heavy atom. The second-order valence-electron chi connectivity index (χ2n) is 6.75. The van der Waals surface area contributed by atoms with Crippen molar-refractivity contribution in [3.05, 3.63) is 69.3 Å². The topological polar surface area (TPSA) is 122 Å². The average molecular weight is 395 g/mol. The fourth-order valence-electron chi connectivity index (χ4n) is 3.28. The van der Waals surface area contributed by atoms with Crippen molar-refractivity contribution < 1.29 is 19.8 Å². The summed E-state index contributed by atoms with van der Waals surface area (Å²) < 4.78 is 1.55. The van der Waals surface area contributed by atoms with Crippen LogP contribution in [-0.2, 0) is 17.8 Å². The Morgan fingerprint density at radius 1 is 1.17 bits per heavy atom. The van der Waals surface area contributed by atoms with Gasteiger partial charge in [-0.05, 0) is 31.9 Å². The molecule has 0 bridgehead atoms. The van der Waals surface area contributed by atoms with Gasteiger partial charge in [-0.15, -0.1) is 0 Å². The van der Waals surface area contributed by atoms with Gasteiger partial charge in [0.05, 0.1) is 11.2 Å². The third-order valence-corrected chi connectivity index (χ3v) is 4.65. The van der Waals surface area contributed by atoms with Gasteiger partial charge in [0.1, 0.15) is 6.54 Å². The summed E-state index contributed by atoms with van der Waals surface area (Å²) in [5.74, 6) is -2.39. The maximum atomic E-state index is 12.8. The second kappa shape index (κ2) is 8.14. The quantitative estimate of drug-likeness (QED) is 0.585. The summed E-state index contributed by atoms with van der Waals surface area (Å²) in [6, 6.07) is 11.2. The summed E-state index contributed by atoms with van der Waals surface area (Å²) in [5.41, 5.74) is 1.86. The Bertz CT molecular complexity index is 1150. The molecule has 2 heterocycles. The number of nitrogens with zero attached hydrogens (tertiary/aromatic N) is 2. The first-order valence-electron chi connectivity index (χ1n) is 9.07. The second-order valence-corrected chi connectivity index (χ2v) is 6.75. The van der Waals surface area contributed by atoms with Crippen LogP contribution in [0.25, 0.3) is 10.9 Å². The lowest BCUT2D eigenvalue weighted by Crippen LogP contribution is -2.30. The Kier molecular flexibility index (Phi) is 5.63. The standard InChI is InChI=1S/C21H21N3O5/c1-12-10-15-18(24(21(12)29)9-8-14-6-4-3-5-7-14)13(2)23-17(19(15)27)20(28)22-11-16(25)26/h3-7,10,27H,8-9,11H2,1-2H3,(H,22,28)(H,25,26). The number of aliphatic carboxylic acids is 1. The van der Waals surface area contributed by atoms with Gasteiger partial charge >= 0.3 is 5.97 Å². The van der Waals surface area contributed by atoms with E-state index in [2.05, 4.69) is 10.3 Å². The highest BCUT2D eigenvalue weighted by Gasteiger charge is 2.21. The van der Waals surface area contributed by atoms with Crippen LogP contribution in [0.5, 0.6) is 5.75 Å². The molecule has 3 N–H and O–H groups in total. The molecule has 150 valence electrons. The molecule has 0 aliphatic carbocycles. The lowest BCUT2D eigenvalue weighted by atomic mass is 10.1. The van der Waals surface area contributed by atoms with E-state index in [1.807, 2.05) is 30.3 Å². The molecule has 3 aromatic rings. The molecule has 0 aliphatic rings. The lowest BCUT2D eigenvalue weighted by molar-refractivity contribution is -0.135. The van der Waals surface area contributed by atoms with E-state index < -0.39 is 18.4 Å². The highest BCUT2D eigenvalue weighted by Crippen LogP contribution is 2.29. The summed E-state index contributed by atoms with van der Waals surface area (Å²) in [6.07, 6.45) is 0.611. The van der Waals surface area contributed by atoms with Crippen molar-refractivity contribution in [1.82, 2.24) is 14.9 Å². The number of fused-ring (bicyclic) bond motifs is 1. The van der Waals surface area contributed by atoms with Gasteiger partial charge in [-0.1, -0.05) is 30.3 Å². The number of hydrogen-bond acceptors (Lipinski definition) is 5. The number of amides is 1. The largest absolute Gasteiger partial charge is 0.505 e. The van der Waals surface area contributed by atoms with Crippen molar-refractivity contribution in [2.45, 2.75) is 26.8 Å². The van der Waals surface area contributed by atoms with Gasteiger partial charge in [0, 0.05) is 17.5 Å². The average Bonchev–Trinajstić information content (AvgIpc) is 2.70. The number of aromatic hydroxyl groups is 1. The first-order valence-corrected chi connectivity index (χ1v) is 9.07. The van der Waals surface area contributed by atoms with E-state index in [0.717, 1.165) is 5.56 Å². The predicted molar refractivity (Wildman–Crippen MR) is 107 cm³/mol. The molecular formula is C21H21N3O5. The number of hydrogen-bond donors (Lipinski definition) is 3. The number of carboxylic acid groups (broad SMARTS) is 1. The zero-order valence-electron chi connectivity index (χ0n) is 16.1. The molecule has 8 heteroatoms. The van der Waals surface area contributed by atoms with Crippen LogP contribution in [0.3, 0.4) is 0 Å². The van der Waals surface area contributed by atoms with Crippen LogP contribution >= 0.6 is 0 Å². The zero-order chi connectivity index (χ0) is 21.1. The van der Waals surface area contributed by atoms with E-state index in [4.69, 9.17) is 5.11 Å². The number of carbonyl (C=O) groups excluding carboxylic acids is 1. The molecular weight excluding hydrogens is 374 g/mol. The van der Waals surface area contributed by atoms with Gasteiger partial charge in [-0.3, -0.25) is 14.4 Å². The highest BCUT2D eigenvalue weighted by atomic mass is 16.4. The number of rotatable bonds is 6. The van der Waals surface area contributed by atoms with E-state index in [9.17, 15) is 19.5 Å². The van der Waals surface area contributed by atoms with Crippen LogP contribution in [0.2, 0.25) is 0 Å². The Hall–Kier alpha value is -3.68. The number of aryl methyl sites for hydroxylation is 4. The third-order valence-electron chi connectivity index (χ3n) is 4.65. The number of nitrogens with one attached hydrogen (secondary N) is 1. The molecule has 0 spiro atoms. The van der Waals surface area contributed by atoms with Crippen molar-refractivity contribution in [2.24, 2.45) is 0 Å². The molecule has 1 amide bonds. The molecule has 8 nitrogen and oxygen atoms in total. The summed E-state index contributed by atoms with van der Waals surface area (Å²) in [6.45, 7) is 3.07. The van der Waals surface area contributed by atoms with Crippen molar-refractivity contribution >= 4 is 22.8 Å². The molecule has 0 radical (unpaired) electrons. The lowest BCUT2D eigenvalue weighted by Gasteiger charge is -2.16. The summed E-state index contributed by atoms with van der Waals surface area (Å²) in [5, 5.41) is 21.9. The molecule has 1 aromatic carbocycles. The first-order chi connectivity index (χ1) is 13.8. The molecule has 0 fully saturated rings. The van der Waals surface area contributed by atoms with Crippen molar-refractivity contribution in [2.75, 3.05) is 6.54 Å². The minimum absolute atomic E-state index is 0.194. The van der Waals surface area contributed by atoms with E-state index in [1.165, 1.54) is 6.07 Å². The number of carbonyl (C=O) groups is 2. The first kappa shape index (κ1) is 20.1. The SMILES string of the molecule is Cc1cc2c(O)c(C(=O)NCC(=O)O)nc(C)c2n(CCc2ccccc2)c1=O. The van der Waals surface area contributed by atoms with Crippen molar-refractivity contribution in [1.29, 1.82) is 0 Å². The Balaban J connectivity index is 2.09. The fraction of sp³-hybridized carbons (Fsp3) is 0.238. The number of benzene rings is 1. The molecule has 0 saturated heterocycles. The molecule has 29 heavy (non-hydrogen) atoms. The van der Waals surface area contributed by atoms with Crippen LogP contribution in [0, 0.1) is 13.8 Å². The minimum Gasteiger partial charge on any atom is -0.505 e. The van der Waals surface area contributed by atoms with Crippen molar-refractivity contribution in [3.8, 4) is 5.75 Å². The predicted octanol–water partition coefficient (Wildman–Crippen LogP) is 1.78. The summed E-state index contributed by atoms with van der Waals surface area (Å²) >= 11 is 0. The van der Waals surface area contributed by atoms with Gasteiger partial charge in [0.2, 0.25) is 0 Å². The van der Waals surface area contributed by atoms with Crippen LogP contribution in [0.15, 0.2) is 41.2 Å². The highest BCUT2D eigenvalue weighted by molar-refractivity contribution is 6.02. The van der Waals surface area contributed by atoms with Gasteiger partial charge in [0.25, 0.3) is 11.5 Å². The van der Waals surface area contributed by atoms with E-state index in [-0.39, 0.29) is 17.0 Å². The molecule has 0 atom stereocenters. The number of pyridine rings is 2. The maximum absolute atomic E-state index is 12.8. The molecule has 0 saturated carbocycles. The smallest absolute Gasteiger partial charge is 0.322 e. The van der Waals surface area contributed by atoms with E-state index >= 15 is 0 Å². The monoisotopic (exact) mass is 395 g/mol. The van der Waals surface area contributed by atoms with Gasteiger partial charge in [-0.25, -0.2) is 4.98 Å². The van der Waals surface area contributed by atoms with Crippen LogP contribution < -0.4 is 10.9 Å². The maximum Gasteiger partial charge on any atom is 0.322 e. The number of carboxylic acids is 1. The fourth-order valence-corrected chi connectivity index (χ4v) is 3.28. The van der Waals surface area contributed by atoms with E-state index in [1.54, 1.807) is 18.4 Å². The van der Waals surface area contributed by atoms with Crippen LogP contribution in [-0.4, -0.2) is 38.2 Å². The summed E-state index contributed by atoms with van der Waals surface area (Å²) in [4.78, 5) is 39.9. The van der Waals surface area contributed by atoms with Crippen molar-refractivity contribution in [3.63, 3.8) is 0 Å². The van der Waals surface area contributed by atoms with E-state index in [0.29, 0.717) is 35.1 Å². The molecule has 2 aromatic heterocycles. The Morgan fingerprint density at radius 3 is 2.52 bits per heavy atom. The van der Waals surface area contributed by atoms with Crippen LogP contribution in [0.4, 0.5) is 0 Å².